The third-order valence-electron chi connectivity index (χ3n) is 2.19. The number of nitrogens with zero attached hydrogens (tertiary/aromatic N) is 1. The number of rotatable bonds is 5. The van der Waals surface area contributed by atoms with E-state index in [0.717, 1.165) is 6.54 Å². The summed E-state index contributed by atoms with van der Waals surface area (Å²) < 4.78 is 5.17. The Morgan fingerprint density at radius 2 is 2.08 bits per heavy atom. The van der Waals surface area contributed by atoms with Crippen molar-refractivity contribution in [1.82, 2.24) is 0 Å². The summed E-state index contributed by atoms with van der Waals surface area (Å²) in [7, 11) is 5.36. The van der Waals surface area contributed by atoms with Crippen molar-refractivity contribution in [3.63, 3.8) is 0 Å². The molecule has 4 nitrogen and oxygen atoms in total. The molecule has 0 spiro atoms. The third kappa shape index (κ3) is 5.60. The lowest BCUT2D eigenvalue weighted by atomic mass is 10.2. The van der Waals surface area contributed by atoms with Gasteiger partial charge in [-0.15, -0.1) is 0 Å². The van der Waals surface area contributed by atoms with Crippen LogP contribution in [0.3, 0.4) is 0 Å². The second-order valence-electron chi connectivity index (χ2n) is 3.87. The molecule has 0 rings (SSSR count). The van der Waals surface area contributed by atoms with Crippen molar-refractivity contribution in [3.05, 3.63) is 0 Å². The maximum absolute atomic E-state index is 10.8. The Morgan fingerprint density at radius 1 is 1.54 bits per heavy atom. The van der Waals surface area contributed by atoms with Gasteiger partial charge in [0.15, 0.2) is 0 Å². The lowest BCUT2D eigenvalue weighted by Gasteiger charge is -2.30. The highest BCUT2D eigenvalue weighted by molar-refractivity contribution is 5.69. The molecule has 0 unspecified atom stereocenters. The Labute approximate surface area is 79.7 Å². The topological polar surface area (TPSA) is 46.5 Å². The highest BCUT2D eigenvalue weighted by Gasteiger charge is 2.20. The van der Waals surface area contributed by atoms with Crippen LogP contribution in [0.1, 0.15) is 13.3 Å². The number of aliphatic hydroxyl groups excluding tert-OH is 1. The fourth-order valence-electron chi connectivity index (χ4n) is 1.04. The summed E-state index contributed by atoms with van der Waals surface area (Å²) in [4.78, 5) is 10.8. The molecule has 1 atom stereocenters. The summed E-state index contributed by atoms with van der Waals surface area (Å²) >= 11 is 0. The van der Waals surface area contributed by atoms with Gasteiger partial charge < -0.3 is 14.3 Å². The quantitative estimate of drug-likeness (QED) is 0.490. The van der Waals surface area contributed by atoms with Gasteiger partial charge in [0.05, 0.1) is 34.2 Å². The van der Waals surface area contributed by atoms with E-state index in [1.54, 1.807) is 0 Å². The summed E-state index contributed by atoms with van der Waals surface area (Å²) in [5, 5.41) is 9.50. The van der Waals surface area contributed by atoms with E-state index in [0.29, 0.717) is 11.0 Å². The van der Waals surface area contributed by atoms with Gasteiger partial charge in [0.1, 0.15) is 12.6 Å². The molecular weight excluding hydrogens is 170 g/mol. The Morgan fingerprint density at radius 3 is 2.46 bits per heavy atom. The molecule has 0 saturated carbocycles. The average molecular weight is 190 g/mol. The Balaban J connectivity index is 3.86. The number of aliphatic hydroxyl groups is 1. The van der Waals surface area contributed by atoms with Crippen molar-refractivity contribution in [1.29, 1.82) is 0 Å². The molecular formula is C9H20NO3+. The number of methoxy groups -OCH3 is 1. The zero-order valence-corrected chi connectivity index (χ0v) is 8.91. The highest BCUT2D eigenvalue weighted by atomic mass is 16.5. The molecule has 0 aromatic carbocycles. The minimum atomic E-state index is -0.609. The highest BCUT2D eigenvalue weighted by Crippen LogP contribution is 2.02. The van der Waals surface area contributed by atoms with Crippen LogP contribution in [-0.2, 0) is 9.53 Å². The number of ether oxygens (including phenoxy) is 1. The zero-order valence-electron chi connectivity index (χ0n) is 8.91. The molecule has 1 N–H and O–H groups in total. The molecule has 0 aliphatic rings. The molecule has 0 saturated heterocycles. The van der Waals surface area contributed by atoms with Crippen LogP contribution in [0.15, 0.2) is 0 Å². The van der Waals surface area contributed by atoms with Gasteiger partial charge in [0.25, 0.3) is 0 Å². The van der Waals surface area contributed by atoms with E-state index in [4.69, 9.17) is 0 Å². The van der Waals surface area contributed by atoms with Crippen LogP contribution in [0, 0.1) is 0 Å². The molecule has 4 heteroatoms. The van der Waals surface area contributed by atoms with Gasteiger partial charge in [0.2, 0.25) is 0 Å². The number of likely N-dealkylation sites (N-methyl/N-ethyl adjacent to an activating group) is 1. The number of carbonyl (C=O) groups is 1. The molecule has 0 aromatic heterocycles. The average Bonchev–Trinajstić information content (AvgIpc) is 2.03. The van der Waals surface area contributed by atoms with Gasteiger partial charge in [-0.05, 0) is 6.92 Å². The maximum atomic E-state index is 10.8. The minimum absolute atomic E-state index is 0.0815. The number of esters is 1. The molecule has 0 aromatic rings. The first-order valence-corrected chi connectivity index (χ1v) is 4.48. The van der Waals surface area contributed by atoms with Gasteiger partial charge in [-0.2, -0.15) is 0 Å². The third-order valence-corrected chi connectivity index (χ3v) is 2.19. The van der Waals surface area contributed by atoms with Crippen molar-refractivity contribution < 1.29 is 19.1 Å². The van der Waals surface area contributed by atoms with Crippen molar-refractivity contribution in [2.75, 3.05) is 34.3 Å². The number of hydrogen-bond donors (Lipinski definition) is 1. The van der Waals surface area contributed by atoms with Gasteiger partial charge in [0, 0.05) is 0 Å². The normalized spacial score (nSPS) is 13.9. The minimum Gasteiger partial charge on any atom is -0.469 e. The Hall–Kier alpha value is -0.610. The summed E-state index contributed by atoms with van der Waals surface area (Å²) in [6.07, 6.45) is -0.527. The van der Waals surface area contributed by atoms with Crippen LogP contribution in [0.5, 0.6) is 0 Å². The van der Waals surface area contributed by atoms with E-state index in [9.17, 15) is 9.90 Å². The van der Waals surface area contributed by atoms with E-state index in [1.807, 2.05) is 21.0 Å². The van der Waals surface area contributed by atoms with Gasteiger partial charge >= 0.3 is 5.97 Å². The predicted octanol–water partition coefficient (Wildman–Crippen LogP) is 0.00670. The lowest BCUT2D eigenvalue weighted by molar-refractivity contribution is -0.891. The molecule has 0 fully saturated rings. The van der Waals surface area contributed by atoms with E-state index < -0.39 is 6.10 Å². The van der Waals surface area contributed by atoms with Crippen molar-refractivity contribution in [2.45, 2.75) is 19.4 Å². The largest absolute Gasteiger partial charge is 0.469 e. The van der Waals surface area contributed by atoms with Crippen LogP contribution >= 0.6 is 0 Å². The number of hydrogen-bond acceptors (Lipinski definition) is 3. The molecule has 0 aliphatic carbocycles. The molecule has 0 aliphatic heterocycles. The summed E-state index contributed by atoms with van der Waals surface area (Å²) in [5.74, 6) is -0.358. The van der Waals surface area contributed by atoms with E-state index >= 15 is 0 Å². The predicted molar refractivity (Wildman–Crippen MR) is 50.2 cm³/mol. The molecule has 0 heterocycles. The smallest absolute Gasteiger partial charge is 0.308 e. The fourth-order valence-corrected chi connectivity index (χ4v) is 1.04. The van der Waals surface area contributed by atoms with Crippen LogP contribution in [0.25, 0.3) is 0 Å². The molecule has 0 amide bonds. The Bertz CT molecular complexity index is 168. The molecule has 0 radical (unpaired) electrons. The second-order valence-corrected chi connectivity index (χ2v) is 3.87. The monoisotopic (exact) mass is 190 g/mol. The first kappa shape index (κ1) is 12.4. The van der Waals surface area contributed by atoms with E-state index in [1.165, 1.54) is 7.11 Å². The summed E-state index contributed by atoms with van der Waals surface area (Å²) in [6, 6.07) is 0. The van der Waals surface area contributed by atoms with E-state index in [-0.39, 0.29) is 12.4 Å². The second kappa shape index (κ2) is 5.19. The van der Waals surface area contributed by atoms with Gasteiger partial charge in [-0.1, -0.05) is 0 Å². The molecule has 0 bridgehead atoms. The van der Waals surface area contributed by atoms with Gasteiger partial charge in [-0.3, -0.25) is 4.79 Å². The van der Waals surface area contributed by atoms with Crippen molar-refractivity contribution in [3.8, 4) is 0 Å². The van der Waals surface area contributed by atoms with Crippen molar-refractivity contribution >= 4 is 5.97 Å². The van der Waals surface area contributed by atoms with Crippen LogP contribution in [0.4, 0.5) is 0 Å². The summed E-state index contributed by atoms with van der Waals surface area (Å²) in [5.41, 5.74) is 0. The standard InChI is InChI=1S/C9H20NO3/c1-5-10(2,3)7-8(11)6-9(12)13-4/h8,11H,5-7H2,1-4H3/q+1/t8-/m1/s1. The van der Waals surface area contributed by atoms with Crippen LogP contribution in [-0.4, -0.2) is 56.0 Å². The van der Waals surface area contributed by atoms with Gasteiger partial charge in [-0.25, -0.2) is 0 Å². The Kier molecular flexibility index (Phi) is 4.95. The number of quaternary nitrogens is 1. The summed E-state index contributed by atoms with van der Waals surface area (Å²) in [6.45, 7) is 3.55. The van der Waals surface area contributed by atoms with Crippen LogP contribution in [0.2, 0.25) is 0 Å². The molecule has 78 valence electrons. The maximum Gasteiger partial charge on any atom is 0.308 e. The van der Waals surface area contributed by atoms with Crippen molar-refractivity contribution in [2.24, 2.45) is 0 Å². The fraction of sp³-hybridized carbons (Fsp3) is 0.889. The van der Waals surface area contributed by atoms with E-state index in [2.05, 4.69) is 4.74 Å². The number of carbonyl (C=O) groups excluding carboxylic acids is 1. The SMILES string of the molecule is CC[N+](C)(C)C[C@H](O)CC(=O)OC. The lowest BCUT2D eigenvalue weighted by Crippen LogP contribution is -2.45. The molecule has 13 heavy (non-hydrogen) atoms. The first-order chi connectivity index (χ1) is 5.91. The van der Waals surface area contributed by atoms with Crippen LogP contribution < -0.4 is 0 Å². The zero-order chi connectivity index (χ0) is 10.5. The first-order valence-electron chi connectivity index (χ1n) is 4.48.